The van der Waals surface area contributed by atoms with E-state index in [4.69, 9.17) is 0 Å². The highest BCUT2D eigenvalue weighted by atomic mass is 32.2. The third-order valence-corrected chi connectivity index (χ3v) is 14.5. The summed E-state index contributed by atoms with van der Waals surface area (Å²) in [4.78, 5) is 70.5. The Morgan fingerprint density at radius 1 is 0.981 bits per heavy atom. The van der Waals surface area contributed by atoms with E-state index in [9.17, 15) is 32.4 Å². The number of piperidine rings is 1. The lowest BCUT2D eigenvalue weighted by Crippen LogP contribution is -2.62. The van der Waals surface area contributed by atoms with Gasteiger partial charge in [-0.15, -0.1) is 6.58 Å². The molecule has 4 N–H and O–H groups in total. The van der Waals surface area contributed by atoms with Gasteiger partial charge in [0.05, 0.1) is 10.9 Å². The summed E-state index contributed by atoms with van der Waals surface area (Å²) in [5, 5.41) is 11.4. The van der Waals surface area contributed by atoms with Crippen molar-refractivity contribution in [1.82, 2.24) is 30.5 Å². The Morgan fingerprint density at radius 3 is 2.30 bits per heavy atom. The predicted molar refractivity (Wildman–Crippen MR) is 203 cm³/mol. The molecular formula is C40H58N6O7S. The number of nitrogens with one attached hydrogen (secondary N) is 4. The van der Waals surface area contributed by atoms with Crippen molar-refractivity contribution in [2.75, 3.05) is 19.6 Å². The van der Waals surface area contributed by atoms with E-state index in [1.165, 1.54) is 10.4 Å². The molecule has 3 saturated carbocycles. The number of likely N-dealkylation sites (tertiary alicyclic amines) is 1. The summed E-state index contributed by atoms with van der Waals surface area (Å²) >= 11 is 0. The largest absolute Gasteiger partial charge is 0.346 e. The maximum Gasteiger partial charge on any atom is 0.315 e. The summed E-state index contributed by atoms with van der Waals surface area (Å²) in [7, 11) is -3.72. The molecular weight excluding hydrogens is 709 g/mol. The molecule has 5 aliphatic rings. The molecule has 3 aliphatic carbocycles. The molecule has 6 rings (SSSR count). The van der Waals surface area contributed by atoms with E-state index in [1.807, 2.05) is 32.9 Å². The van der Waals surface area contributed by atoms with E-state index >= 15 is 0 Å². The normalized spacial score (nSPS) is 26.0. The van der Waals surface area contributed by atoms with Crippen LogP contribution in [-0.2, 0) is 35.7 Å². The zero-order chi connectivity index (χ0) is 39.2. The van der Waals surface area contributed by atoms with Gasteiger partial charge < -0.3 is 26.2 Å². The smallest absolute Gasteiger partial charge is 0.315 e. The van der Waals surface area contributed by atoms with Crippen molar-refractivity contribution >= 4 is 39.6 Å². The Labute approximate surface area is 319 Å². The Kier molecular flexibility index (Phi) is 11.4. The van der Waals surface area contributed by atoms with Gasteiger partial charge in [-0.25, -0.2) is 13.2 Å². The Hall–Kier alpha value is -3.78. The van der Waals surface area contributed by atoms with Crippen LogP contribution in [0.25, 0.3) is 0 Å². The third-order valence-electron chi connectivity index (χ3n) is 12.6. The highest BCUT2D eigenvalue weighted by Gasteiger charge is 2.70. The van der Waals surface area contributed by atoms with Gasteiger partial charge in [0.2, 0.25) is 27.6 Å². The number of hydrogen-bond donors (Lipinski definition) is 4. The lowest BCUT2D eigenvalue weighted by atomic mass is 9.83. The lowest BCUT2D eigenvalue weighted by molar-refractivity contribution is -0.145. The highest BCUT2D eigenvalue weighted by Crippen LogP contribution is 2.65. The second-order valence-electron chi connectivity index (χ2n) is 17.8. The van der Waals surface area contributed by atoms with Gasteiger partial charge in [0.15, 0.2) is 0 Å². The first-order valence-corrected chi connectivity index (χ1v) is 21.1. The second kappa shape index (κ2) is 15.4. The lowest BCUT2D eigenvalue weighted by Gasteiger charge is -2.38. The van der Waals surface area contributed by atoms with Crippen molar-refractivity contribution in [3.8, 4) is 0 Å². The molecule has 6 atom stereocenters. The van der Waals surface area contributed by atoms with Crippen molar-refractivity contribution in [2.45, 2.75) is 122 Å². The molecule has 5 amide bonds. The number of benzene rings is 1. The van der Waals surface area contributed by atoms with Crippen LogP contribution in [-0.4, -0.2) is 91.0 Å². The number of amides is 5. The number of rotatable bonds is 14. The summed E-state index contributed by atoms with van der Waals surface area (Å²) in [6.07, 6.45) is 8.45. The first-order valence-electron chi connectivity index (χ1n) is 19.6. The topological polar surface area (TPSA) is 174 Å². The molecule has 4 fully saturated rings. The van der Waals surface area contributed by atoms with Gasteiger partial charge in [0, 0.05) is 32.2 Å². The highest BCUT2D eigenvalue weighted by molar-refractivity contribution is 7.89. The van der Waals surface area contributed by atoms with E-state index in [-0.39, 0.29) is 48.7 Å². The Bertz CT molecular complexity index is 1760. The second-order valence-corrected chi connectivity index (χ2v) is 19.7. The van der Waals surface area contributed by atoms with Crippen molar-refractivity contribution in [1.29, 1.82) is 0 Å². The summed E-state index contributed by atoms with van der Waals surface area (Å²) in [5.74, 6) is -2.16. The number of hydrogen-bond acceptors (Lipinski definition) is 7. The van der Waals surface area contributed by atoms with Crippen molar-refractivity contribution in [2.24, 2.45) is 34.5 Å². The summed E-state index contributed by atoms with van der Waals surface area (Å²) in [6.45, 7) is 14.1. The number of carbonyl (C=O) groups excluding carboxylic acids is 5. The van der Waals surface area contributed by atoms with E-state index in [1.54, 1.807) is 17.0 Å². The number of carbonyl (C=O) groups is 5. The molecule has 0 bridgehead atoms. The molecule has 54 heavy (non-hydrogen) atoms. The zero-order valence-electron chi connectivity index (χ0n) is 32.4. The van der Waals surface area contributed by atoms with Crippen LogP contribution in [0.2, 0.25) is 0 Å². The number of fused-ring (bicyclic) bond motifs is 2. The average Bonchev–Trinajstić information content (AvgIpc) is 3.95. The summed E-state index contributed by atoms with van der Waals surface area (Å²) in [5.41, 5.74) is -0.237. The van der Waals surface area contributed by atoms with E-state index in [0.717, 1.165) is 50.5 Å². The molecule has 0 radical (unpaired) electrons. The van der Waals surface area contributed by atoms with Gasteiger partial charge in [-0.3, -0.25) is 19.2 Å². The fraction of sp³-hybridized carbons (Fsp3) is 0.675. The van der Waals surface area contributed by atoms with Gasteiger partial charge in [-0.2, -0.15) is 4.31 Å². The minimum absolute atomic E-state index is 0.0577. The maximum absolute atomic E-state index is 14.6. The number of Topliss-reactive ketones (excluding diaryl/α,β-unsaturated/α-hetero) is 1. The first-order chi connectivity index (χ1) is 25.4. The standard InChI is InChI=1S/C40H58N6O7S/c1-7-19-41-36(49)33(47)28(20-24-17-18-24)42-35(48)32-31-27(40(31,5)6)22-46(32)37(50)34(39(2,3)4)44-38(51)43-29(25-13-9-8-10-14-25)23-45-21-26-15-11-12-16-30(26)54(45,52)53/h7,11-12,15-16,24-25,27-29,31-32,34H,1,8-10,13-14,17-23H2,2-6H3,(H,41,49)(H,42,48)(H2,43,44,51)/t27-,28?,29+,31-,32-,34+/m0/s1. The number of ketones is 1. The van der Waals surface area contributed by atoms with Crippen molar-refractivity contribution < 1.29 is 32.4 Å². The summed E-state index contributed by atoms with van der Waals surface area (Å²) < 4.78 is 28.4. The first kappa shape index (κ1) is 39.9. The molecule has 296 valence electrons. The molecule has 13 nitrogen and oxygen atoms in total. The van der Waals surface area contributed by atoms with Crippen LogP contribution in [0.1, 0.15) is 91.5 Å². The van der Waals surface area contributed by atoms with Crippen LogP contribution in [0.4, 0.5) is 4.79 Å². The van der Waals surface area contributed by atoms with Crippen molar-refractivity contribution in [3.05, 3.63) is 42.5 Å². The van der Waals surface area contributed by atoms with E-state index in [2.05, 4.69) is 41.7 Å². The average molecular weight is 767 g/mol. The Balaban J connectivity index is 1.18. The van der Waals surface area contributed by atoms with Gasteiger partial charge in [-0.1, -0.05) is 91.0 Å². The predicted octanol–water partition coefficient (Wildman–Crippen LogP) is 3.49. The third kappa shape index (κ3) is 8.24. The van der Waals surface area contributed by atoms with Gasteiger partial charge in [0.1, 0.15) is 12.1 Å². The summed E-state index contributed by atoms with van der Waals surface area (Å²) in [6, 6.07) is 2.99. The SMILES string of the molecule is C=CCNC(=O)C(=O)C(CC1CC1)NC(=O)[C@@H]1[C@@H]2[C@H](CN1C(=O)[C@@H](NC(=O)N[C@H](CN1Cc3ccccc3S1(=O)=O)C1CCCCC1)C(C)(C)C)C2(C)C. The van der Waals surface area contributed by atoms with Gasteiger partial charge in [0.25, 0.3) is 5.91 Å². The minimum Gasteiger partial charge on any atom is -0.346 e. The fourth-order valence-corrected chi connectivity index (χ4v) is 10.7. The quantitative estimate of drug-likeness (QED) is 0.166. The fourth-order valence-electron chi connectivity index (χ4n) is 9.09. The molecule has 14 heteroatoms. The van der Waals surface area contributed by atoms with E-state index in [0.29, 0.717) is 17.9 Å². The molecule has 2 aliphatic heterocycles. The molecule has 1 unspecified atom stereocenters. The van der Waals surface area contributed by atoms with Crippen molar-refractivity contribution in [3.63, 3.8) is 0 Å². The minimum atomic E-state index is -3.72. The number of sulfonamides is 1. The van der Waals surface area contributed by atoms with Crippen LogP contribution in [0, 0.1) is 34.5 Å². The van der Waals surface area contributed by atoms with E-state index < -0.39 is 69.1 Å². The molecule has 1 aromatic rings. The molecule has 1 aromatic carbocycles. The maximum atomic E-state index is 14.6. The van der Waals surface area contributed by atoms with Crippen LogP contribution in [0.3, 0.4) is 0 Å². The van der Waals surface area contributed by atoms with Crippen LogP contribution < -0.4 is 21.3 Å². The molecule has 2 heterocycles. The molecule has 0 aromatic heterocycles. The Morgan fingerprint density at radius 2 is 1.67 bits per heavy atom. The number of nitrogens with zero attached hydrogens (tertiary/aromatic N) is 2. The van der Waals surface area contributed by atoms with Gasteiger partial charge in [-0.05, 0) is 65.4 Å². The number of urea groups is 1. The molecule has 0 spiro atoms. The zero-order valence-corrected chi connectivity index (χ0v) is 33.2. The van der Waals surface area contributed by atoms with Crippen LogP contribution in [0.15, 0.2) is 41.8 Å². The molecule has 1 saturated heterocycles. The monoisotopic (exact) mass is 766 g/mol. The van der Waals surface area contributed by atoms with Crippen LogP contribution >= 0.6 is 0 Å². The van der Waals surface area contributed by atoms with Crippen LogP contribution in [0.5, 0.6) is 0 Å². The van der Waals surface area contributed by atoms with Gasteiger partial charge >= 0.3 is 6.03 Å².